The summed E-state index contributed by atoms with van der Waals surface area (Å²) in [6, 6.07) is 18.0. The first kappa shape index (κ1) is 20.8. The molecule has 0 aliphatic heterocycles. The fourth-order valence-corrected chi connectivity index (χ4v) is 4.31. The summed E-state index contributed by atoms with van der Waals surface area (Å²) in [5.74, 6) is -1.38. The summed E-state index contributed by atoms with van der Waals surface area (Å²) in [4.78, 5) is 12.5. The Hall–Kier alpha value is -2.90. The maximum absolute atomic E-state index is 14.4. The number of aryl methyl sites for hydroxylation is 1. The highest BCUT2D eigenvalue weighted by Crippen LogP contribution is 2.26. The van der Waals surface area contributed by atoms with Gasteiger partial charge in [-0.15, -0.1) is 0 Å². The Labute approximate surface area is 173 Å². The van der Waals surface area contributed by atoms with Crippen LogP contribution < -0.4 is 9.62 Å². The summed E-state index contributed by atoms with van der Waals surface area (Å²) in [5, 5.41) is 3.00. The number of halogens is 2. The Bertz CT molecular complexity index is 1130. The minimum absolute atomic E-state index is 0.0399. The molecule has 8 heteroatoms. The molecule has 0 saturated heterocycles. The third-order valence-electron chi connectivity index (χ3n) is 4.13. The van der Waals surface area contributed by atoms with Gasteiger partial charge in [-0.3, -0.25) is 9.10 Å². The van der Waals surface area contributed by atoms with E-state index in [2.05, 4.69) is 5.32 Å². The van der Waals surface area contributed by atoms with Gasteiger partial charge >= 0.3 is 0 Å². The van der Waals surface area contributed by atoms with Crippen molar-refractivity contribution in [3.63, 3.8) is 0 Å². The van der Waals surface area contributed by atoms with Gasteiger partial charge in [0.05, 0.1) is 10.6 Å². The number of sulfonamides is 1. The molecule has 3 aromatic rings. The molecule has 29 heavy (non-hydrogen) atoms. The lowest BCUT2D eigenvalue weighted by atomic mass is 10.2. The topological polar surface area (TPSA) is 66.5 Å². The predicted molar refractivity (Wildman–Crippen MR) is 112 cm³/mol. The third-order valence-corrected chi connectivity index (χ3v) is 6.13. The number of carbonyl (C=O) groups is 1. The van der Waals surface area contributed by atoms with Crippen molar-refractivity contribution in [1.29, 1.82) is 0 Å². The smallest absolute Gasteiger partial charge is 0.264 e. The maximum atomic E-state index is 14.4. The molecule has 1 N–H and O–H groups in total. The van der Waals surface area contributed by atoms with Crippen LogP contribution in [0.25, 0.3) is 0 Å². The van der Waals surface area contributed by atoms with Crippen LogP contribution in [0.5, 0.6) is 0 Å². The molecule has 0 fully saturated rings. The van der Waals surface area contributed by atoms with Gasteiger partial charge in [-0.2, -0.15) is 0 Å². The van der Waals surface area contributed by atoms with Gasteiger partial charge in [-0.1, -0.05) is 47.5 Å². The van der Waals surface area contributed by atoms with Gasteiger partial charge in [0.2, 0.25) is 5.91 Å². The highest BCUT2D eigenvalue weighted by atomic mass is 35.5. The highest BCUT2D eigenvalue weighted by molar-refractivity contribution is 7.92. The Morgan fingerprint density at radius 3 is 2.38 bits per heavy atom. The van der Waals surface area contributed by atoms with E-state index in [0.717, 1.165) is 15.9 Å². The van der Waals surface area contributed by atoms with Crippen LogP contribution in [0.3, 0.4) is 0 Å². The summed E-state index contributed by atoms with van der Waals surface area (Å²) in [6.07, 6.45) is 0. The van der Waals surface area contributed by atoms with E-state index in [9.17, 15) is 17.6 Å². The second-order valence-corrected chi connectivity index (χ2v) is 8.63. The van der Waals surface area contributed by atoms with E-state index in [1.54, 1.807) is 30.3 Å². The number of amides is 1. The molecule has 0 aliphatic carbocycles. The molecule has 0 saturated carbocycles. The number of nitrogens with one attached hydrogen (secondary N) is 1. The molecule has 5 nitrogen and oxygen atoms in total. The SMILES string of the molecule is Cc1ccc(S(=O)(=O)N(CC(=O)Nc2cccc(Cl)c2)c2ccccc2F)cc1. The zero-order valence-electron chi connectivity index (χ0n) is 15.5. The predicted octanol–water partition coefficient (Wildman–Crippen LogP) is 4.62. The van der Waals surface area contributed by atoms with Crippen molar-refractivity contribution >= 4 is 38.9 Å². The van der Waals surface area contributed by atoms with Crippen molar-refractivity contribution in [2.75, 3.05) is 16.2 Å². The maximum Gasteiger partial charge on any atom is 0.264 e. The largest absolute Gasteiger partial charge is 0.324 e. The molecule has 0 aliphatic rings. The molecule has 0 aromatic heterocycles. The second kappa shape index (κ2) is 8.63. The van der Waals surface area contributed by atoms with Gasteiger partial charge in [-0.25, -0.2) is 12.8 Å². The number of carbonyl (C=O) groups excluding carboxylic acids is 1. The number of anilines is 2. The number of rotatable bonds is 6. The van der Waals surface area contributed by atoms with Gasteiger partial charge in [-0.05, 0) is 49.4 Å². The van der Waals surface area contributed by atoms with E-state index in [1.807, 2.05) is 6.92 Å². The van der Waals surface area contributed by atoms with Crippen LogP contribution in [0.1, 0.15) is 5.56 Å². The molecule has 0 radical (unpaired) electrons. The molecule has 1 amide bonds. The molecule has 0 atom stereocenters. The first-order valence-corrected chi connectivity index (χ1v) is 10.5. The number of para-hydroxylation sites is 1. The van der Waals surface area contributed by atoms with Crippen LogP contribution in [0.2, 0.25) is 5.02 Å². The molecular weight excluding hydrogens is 415 g/mol. The summed E-state index contributed by atoms with van der Waals surface area (Å²) in [6.45, 7) is 1.22. The highest BCUT2D eigenvalue weighted by Gasteiger charge is 2.29. The van der Waals surface area contributed by atoms with Crippen molar-refractivity contribution in [2.24, 2.45) is 0 Å². The minimum atomic E-state index is -4.18. The first-order valence-electron chi connectivity index (χ1n) is 8.67. The van der Waals surface area contributed by atoms with E-state index >= 15 is 0 Å². The van der Waals surface area contributed by atoms with Crippen LogP contribution in [-0.4, -0.2) is 20.9 Å². The van der Waals surface area contributed by atoms with Crippen molar-refractivity contribution in [1.82, 2.24) is 0 Å². The fourth-order valence-electron chi connectivity index (χ4n) is 2.69. The average molecular weight is 433 g/mol. The van der Waals surface area contributed by atoms with Crippen LogP contribution in [0.15, 0.2) is 77.7 Å². The molecule has 3 aromatic carbocycles. The molecule has 0 unspecified atom stereocenters. The lowest BCUT2D eigenvalue weighted by Crippen LogP contribution is -2.38. The quantitative estimate of drug-likeness (QED) is 0.618. The summed E-state index contributed by atoms with van der Waals surface area (Å²) in [7, 11) is -4.18. The number of nitrogens with zero attached hydrogens (tertiary/aromatic N) is 1. The standard InChI is InChI=1S/C21H18ClFN2O3S/c1-15-9-11-18(12-10-15)29(27,28)25(20-8-3-2-7-19(20)23)14-21(26)24-17-6-4-5-16(22)13-17/h2-13H,14H2,1H3,(H,24,26). The van der Waals surface area contributed by atoms with Crippen LogP contribution in [0, 0.1) is 12.7 Å². The van der Waals surface area contributed by atoms with Gasteiger partial charge < -0.3 is 5.32 Å². The zero-order chi connectivity index (χ0) is 21.0. The third kappa shape index (κ3) is 4.93. The molecule has 0 bridgehead atoms. The average Bonchev–Trinajstić information content (AvgIpc) is 2.67. The van der Waals surface area contributed by atoms with E-state index < -0.39 is 28.3 Å². The summed E-state index contributed by atoms with van der Waals surface area (Å²) < 4.78 is 41.6. The zero-order valence-corrected chi connectivity index (χ0v) is 17.0. The van der Waals surface area contributed by atoms with Crippen LogP contribution >= 0.6 is 11.6 Å². The van der Waals surface area contributed by atoms with Crippen molar-refractivity contribution in [2.45, 2.75) is 11.8 Å². The van der Waals surface area contributed by atoms with E-state index in [-0.39, 0.29) is 10.6 Å². The van der Waals surface area contributed by atoms with Crippen LogP contribution in [0.4, 0.5) is 15.8 Å². The molecule has 0 heterocycles. The van der Waals surface area contributed by atoms with Gasteiger partial charge in [0, 0.05) is 10.7 Å². The van der Waals surface area contributed by atoms with E-state index in [0.29, 0.717) is 10.7 Å². The lowest BCUT2D eigenvalue weighted by Gasteiger charge is -2.24. The molecular formula is C21H18ClFN2O3S. The van der Waals surface area contributed by atoms with Crippen molar-refractivity contribution in [3.05, 3.63) is 89.2 Å². The number of benzene rings is 3. The second-order valence-electron chi connectivity index (χ2n) is 6.33. The number of hydrogen-bond donors (Lipinski definition) is 1. The van der Waals surface area contributed by atoms with Crippen molar-refractivity contribution in [3.8, 4) is 0 Å². The molecule has 150 valence electrons. The van der Waals surface area contributed by atoms with Crippen LogP contribution in [-0.2, 0) is 14.8 Å². The van der Waals surface area contributed by atoms with Crippen molar-refractivity contribution < 1.29 is 17.6 Å². The fraction of sp³-hybridized carbons (Fsp3) is 0.0952. The Kier molecular flexibility index (Phi) is 6.20. The monoisotopic (exact) mass is 432 g/mol. The number of hydrogen-bond acceptors (Lipinski definition) is 3. The molecule has 3 rings (SSSR count). The summed E-state index contributed by atoms with van der Waals surface area (Å²) >= 11 is 5.91. The van der Waals surface area contributed by atoms with Gasteiger partial charge in [0.25, 0.3) is 10.0 Å². The first-order chi connectivity index (χ1) is 13.8. The Balaban J connectivity index is 1.96. The Morgan fingerprint density at radius 2 is 1.72 bits per heavy atom. The molecule has 0 spiro atoms. The van der Waals surface area contributed by atoms with Gasteiger partial charge in [0.15, 0.2) is 0 Å². The lowest BCUT2D eigenvalue weighted by molar-refractivity contribution is -0.114. The minimum Gasteiger partial charge on any atom is -0.324 e. The Morgan fingerprint density at radius 1 is 1.03 bits per heavy atom. The summed E-state index contributed by atoms with van der Waals surface area (Å²) in [5.41, 5.74) is 1.07. The van der Waals surface area contributed by atoms with E-state index in [4.69, 9.17) is 11.6 Å². The normalized spacial score (nSPS) is 11.1. The van der Waals surface area contributed by atoms with Gasteiger partial charge in [0.1, 0.15) is 12.4 Å². The van der Waals surface area contributed by atoms with E-state index in [1.165, 1.54) is 36.4 Å².